The van der Waals surface area contributed by atoms with E-state index in [0.717, 1.165) is 6.07 Å². The highest BCUT2D eigenvalue weighted by atomic mass is 19.3. The van der Waals surface area contributed by atoms with Gasteiger partial charge in [0.25, 0.3) is 11.7 Å². The molecule has 18 heavy (non-hydrogen) atoms. The largest absolute Gasteiger partial charge is 0.460 e. The average Bonchev–Trinajstić information content (AvgIpc) is 2.26. The summed E-state index contributed by atoms with van der Waals surface area (Å²) in [6, 6.07) is 3.89. The number of carbonyl (C=O) groups excluding carboxylic acids is 2. The van der Waals surface area contributed by atoms with Gasteiger partial charge in [-0.05, 0) is 19.9 Å². The summed E-state index contributed by atoms with van der Waals surface area (Å²) in [7, 11) is 0. The van der Waals surface area contributed by atoms with E-state index in [1.54, 1.807) is 6.92 Å². The molecule has 0 spiro atoms. The van der Waals surface area contributed by atoms with Gasteiger partial charge in [-0.25, -0.2) is 13.6 Å². The molecule has 0 bridgehead atoms. The number of benzene rings is 1. The van der Waals surface area contributed by atoms with E-state index in [-0.39, 0.29) is 12.2 Å². The summed E-state index contributed by atoms with van der Waals surface area (Å²) < 4.78 is 31.2. The zero-order valence-electron chi connectivity index (χ0n) is 10.4. The Kier molecular flexibility index (Phi) is 4.16. The number of esters is 1. The van der Waals surface area contributed by atoms with Crippen molar-refractivity contribution in [3.8, 4) is 0 Å². The molecule has 0 aliphatic rings. The second kappa shape index (κ2) is 5.25. The molecule has 0 fully saturated rings. The zero-order chi connectivity index (χ0) is 13.9. The lowest BCUT2D eigenvalue weighted by Crippen LogP contribution is -2.22. The minimum absolute atomic E-state index is 0.0221. The van der Waals surface area contributed by atoms with Crippen LogP contribution in [0.4, 0.5) is 8.78 Å². The number of ketones is 1. The van der Waals surface area contributed by atoms with E-state index < -0.39 is 23.2 Å². The Bertz CT molecular complexity index is 476. The fourth-order valence-electron chi connectivity index (χ4n) is 1.54. The van der Waals surface area contributed by atoms with Crippen molar-refractivity contribution in [3.05, 3.63) is 34.9 Å². The molecule has 0 atom stereocenters. The summed E-state index contributed by atoms with van der Waals surface area (Å²) in [5.41, 5.74) is -0.150. The highest BCUT2D eigenvalue weighted by Gasteiger charge is 2.32. The van der Waals surface area contributed by atoms with Crippen LogP contribution >= 0.6 is 0 Å². The summed E-state index contributed by atoms with van der Waals surface area (Å²) in [5, 5.41) is 0. The highest BCUT2D eigenvalue weighted by molar-refractivity contribution is 6.41. The van der Waals surface area contributed by atoms with Crippen molar-refractivity contribution >= 4 is 11.8 Å². The molecule has 1 rings (SSSR count). The molecule has 1 aromatic rings. The predicted molar refractivity (Wildman–Crippen MR) is 61.7 cm³/mol. The maximum Gasteiger partial charge on any atom is 0.379 e. The molecule has 0 heterocycles. The van der Waals surface area contributed by atoms with Crippen LogP contribution in [0.3, 0.4) is 0 Å². The Labute approximate surface area is 104 Å². The number of carbonyl (C=O) groups is 2. The van der Waals surface area contributed by atoms with Crippen LogP contribution < -0.4 is 0 Å². The summed E-state index contributed by atoms with van der Waals surface area (Å²) in [5.74, 6) is -5.35. The standard InChI is InChI=1S/C13H14F2O3/c1-4-18-12(17)11(16)9-7-8(2)5-6-10(9)13(3,14)15/h5-7H,4H2,1-3H3. The van der Waals surface area contributed by atoms with Crippen LogP contribution in [0.5, 0.6) is 0 Å². The maximum absolute atomic E-state index is 13.4. The van der Waals surface area contributed by atoms with Gasteiger partial charge in [-0.15, -0.1) is 0 Å². The third-order valence-corrected chi connectivity index (χ3v) is 2.35. The molecule has 1 aromatic carbocycles. The first-order valence-electron chi connectivity index (χ1n) is 5.47. The van der Waals surface area contributed by atoms with Gasteiger partial charge >= 0.3 is 5.97 Å². The van der Waals surface area contributed by atoms with Crippen LogP contribution in [0.1, 0.15) is 35.3 Å². The summed E-state index contributed by atoms with van der Waals surface area (Å²) in [6.07, 6.45) is 0. The Morgan fingerprint density at radius 1 is 1.33 bits per heavy atom. The van der Waals surface area contributed by atoms with Gasteiger partial charge in [-0.3, -0.25) is 4.79 Å². The number of ether oxygens (including phenoxy) is 1. The van der Waals surface area contributed by atoms with E-state index in [4.69, 9.17) is 0 Å². The average molecular weight is 256 g/mol. The number of rotatable bonds is 4. The highest BCUT2D eigenvalue weighted by Crippen LogP contribution is 2.30. The van der Waals surface area contributed by atoms with Crippen molar-refractivity contribution in [2.24, 2.45) is 0 Å². The Morgan fingerprint density at radius 3 is 2.44 bits per heavy atom. The summed E-state index contributed by atoms with van der Waals surface area (Å²) in [6.45, 7) is 3.89. The Morgan fingerprint density at radius 2 is 1.94 bits per heavy atom. The molecule has 3 nitrogen and oxygen atoms in total. The lowest BCUT2D eigenvalue weighted by molar-refractivity contribution is -0.137. The normalized spacial score (nSPS) is 11.2. The van der Waals surface area contributed by atoms with Gasteiger partial charge in [0, 0.05) is 18.1 Å². The van der Waals surface area contributed by atoms with Crippen molar-refractivity contribution in [2.45, 2.75) is 26.7 Å². The van der Waals surface area contributed by atoms with E-state index in [2.05, 4.69) is 4.74 Å². The van der Waals surface area contributed by atoms with Crippen molar-refractivity contribution < 1.29 is 23.1 Å². The van der Waals surface area contributed by atoms with E-state index in [0.29, 0.717) is 12.5 Å². The lowest BCUT2D eigenvalue weighted by Gasteiger charge is -2.15. The third kappa shape index (κ3) is 3.12. The lowest BCUT2D eigenvalue weighted by atomic mass is 9.97. The van der Waals surface area contributed by atoms with Crippen LogP contribution in [0, 0.1) is 6.92 Å². The second-order valence-corrected chi connectivity index (χ2v) is 3.99. The first-order valence-corrected chi connectivity index (χ1v) is 5.47. The summed E-state index contributed by atoms with van der Waals surface area (Å²) >= 11 is 0. The van der Waals surface area contributed by atoms with Crippen LogP contribution in [0.15, 0.2) is 18.2 Å². The van der Waals surface area contributed by atoms with Crippen molar-refractivity contribution in [1.82, 2.24) is 0 Å². The molecule has 5 heteroatoms. The molecule has 0 aromatic heterocycles. The zero-order valence-corrected chi connectivity index (χ0v) is 10.4. The number of hydrogen-bond acceptors (Lipinski definition) is 3. The molecule has 0 amide bonds. The van der Waals surface area contributed by atoms with Crippen LogP contribution in [0.25, 0.3) is 0 Å². The molecular weight excluding hydrogens is 242 g/mol. The number of hydrogen-bond donors (Lipinski definition) is 0. The maximum atomic E-state index is 13.4. The van der Waals surface area contributed by atoms with Gasteiger partial charge in [0.1, 0.15) is 0 Å². The van der Waals surface area contributed by atoms with Crippen LogP contribution in [0.2, 0.25) is 0 Å². The van der Waals surface area contributed by atoms with E-state index in [1.165, 1.54) is 19.1 Å². The number of Topliss-reactive ketones (excluding diaryl/α,β-unsaturated/α-hetero) is 1. The van der Waals surface area contributed by atoms with Crippen molar-refractivity contribution in [2.75, 3.05) is 6.61 Å². The first kappa shape index (κ1) is 14.3. The fraction of sp³-hybridized carbons (Fsp3) is 0.385. The van der Waals surface area contributed by atoms with Gasteiger partial charge in [0.05, 0.1) is 6.61 Å². The van der Waals surface area contributed by atoms with Crippen LogP contribution in [-0.2, 0) is 15.5 Å². The SMILES string of the molecule is CCOC(=O)C(=O)c1cc(C)ccc1C(C)(F)F. The topological polar surface area (TPSA) is 43.4 Å². The minimum Gasteiger partial charge on any atom is -0.460 e. The number of alkyl halides is 2. The Hall–Kier alpha value is -1.78. The third-order valence-electron chi connectivity index (χ3n) is 2.35. The number of aryl methyl sites for hydroxylation is 1. The van der Waals surface area contributed by atoms with E-state index in [1.807, 2.05) is 0 Å². The van der Waals surface area contributed by atoms with Crippen molar-refractivity contribution in [1.29, 1.82) is 0 Å². The van der Waals surface area contributed by atoms with Crippen LogP contribution in [-0.4, -0.2) is 18.4 Å². The quantitative estimate of drug-likeness (QED) is 0.472. The van der Waals surface area contributed by atoms with E-state index >= 15 is 0 Å². The molecule has 0 aliphatic carbocycles. The molecule has 0 saturated heterocycles. The molecular formula is C13H14F2O3. The summed E-state index contributed by atoms with van der Waals surface area (Å²) in [4.78, 5) is 23.1. The first-order chi connectivity index (χ1) is 8.27. The minimum atomic E-state index is -3.19. The molecule has 0 N–H and O–H groups in total. The monoisotopic (exact) mass is 256 g/mol. The van der Waals surface area contributed by atoms with E-state index in [9.17, 15) is 18.4 Å². The second-order valence-electron chi connectivity index (χ2n) is 3.99. The molecule has 0 aliphatic heterocycles. The molecule has 0 radical (unpaired) electrons. The smallest absolute Gasteiger partial charge is 0.379 e. The van der Waals surface area contributed by atoms with Gasteiger partial charge in [0.2, 0.25) is 0 Å². The molecule has 0 saturated carbocycles. The van der Waals surface area contributed by atoms with Gasteiger partial charge in [-0.2, -0.15) is 0 Å². The Balaban J connectivity index is 3.26. The van der Waals surface area contributed by atoms with Crippen molar-refractivity contribution in [3.63, 3.8) is 0 Å². The molecule has 98 valence electrons. The molecule has 0 unspecified atom stereocenters. The van der Waals surface area contributed by atoms with Gasteiger partial charge in [-0.1, -0.05) is 17.7 Å². The van der Waals surface area contributed by atoms with Gasteiger partial charge in [0.15, 0.2) is 0 Å². The predicted octanol–water partition coefficient (Wildman–Crippen LogP) is 2.85. The van der Waals surface area contributed by atoms with Gasteiger partial charge < -0.3 is 4.74 Å². The fourth-order valence-corrected chi connectivity index (χ4v) is 1.54. The number of halogens is 2.